The maximum absolute atomic E-state index is 10.4. The van der Waals surface area contributed by atoms with Crippen molar-refractivity contribution in [3.8, 4) is 11.5 Å². The molecule has 0 saturated heterocycles. The molecule has 0 aromatic heterocycles. The van der Waals surface area contributed by atoms with Crippen LogP contribution >= 0.6 is 0 Å². The third kappa shape index (κ3) is 2.29. The SMILES string of the molecule is O=Nc1ccc([C@H]2COc3cc(O)ccc3C2)cc1. The number of nitroso groups, excluding NO2 is 1. The summed E-state index contributed by atoms with van der Waals surface area (Å²) in [6.45, 7) is 0.574. The first-order valence-corrected chi connectivity index (χ1v) is 6.14. The molecule has 3 rings (SSSR count). The molecule has 2 aromatic carbocycles. The number of ether oxygens (including phenoxy) is 1. The van der Waals surface area contributed by atoms with Gasteiger partial charge in [0, 0.05) is 12.0 Å². The first-order chi connectivity index (χ1) is 9.26. The van der Waals surface area contributed by atoms with Crippen LogP contribution in [0.1, 0.15) is 17.0 Å². The summed E-state index contributed by atoms with van der Waals surface area (Å²) in [5.74, 6) is 1.23. The van der Waals surface area contributed by atoms with Crippen molar-refractivity contribution >= 4 is 5.69 Å². The van der Waals surface area contributed by atoms with Gasteiger partial charge in [-0.1, -0.05) is 18.2 Å². The molecule has 0 aliphatic carbocycles. The highest BCUT2D eigenvalue weighted by Crippen LogP contribution is 2.34. The molecule has 1 aliphatic rings. The van der Waals surface area contributed by atoms with Gasteiger partial charge in [-0.05, 0) is 40.9 Å². The van der Waals surface area contributed by atoms with Gasteiger partial charge < -0.3 is 9.84 Å². The van der Waals surface area contributed by atoms with Gasteiger partial charge in [0.05, 0.1) is 6.61 Å². The maximum atomic E-state index is 10.4. The Balaban J connectivity index is 1.84. The van der Waals surface area contributed by atoms with Crippen molar-refractivity contribution in [3.63, 3.8) is 0 Å². The van der Waals surface area contributed by atoms with Gasteiger partial charge in [0.15, 0.2) is 0 Å². The second-order valence-electron chi connectivity index (χ2n) is 4.69. The van der Waals surface area contributed by atoms with Gasteiger partial charge in [-0.15, -0.1) is 4.91 Å². The van der Waals surface area contributed by atoms with Crippen LogP contribution in [0.2, 0.25) is 0 Å². The summed E-state index contributed by atoms with van der Waals surface area (Å²) in [7, 11) is 0. The Morgan fingerprint density at radius 1 is 1.16 bits per heavy atom. The fraction of sp³-hybridized carbons (Fsp3) is 0.200. The highest BCUT2D eigenvalue weighted by atomic mass is 16.5. The van der Waals surface area contributed by atoms with E-state index in [4.69, 9.17) is 4.74 Å². The van der Waals surface area contributed by atoms with E-state index < -0.39 is 0 Å². The van der Waals surface area contributed by atoms with Crippen LogP contribution in [-0.4, -0.2) is 11.7 Å². The van der Waals surface area contributed by atoms with E-state index >= 15 is 0 Å². The van der Waals surface area contributed by atoms with Crippen molar-refractivity contribution in [3.05, 3.63) is 58.5 Å². The van der Waals surface area contributed by atoms with Gasteiger partial charge >= 0.3 is 0 Å². The third-order valence-electron chi connectivity index (χ3n) is 3.43. The predicted molar refractivity (Wildman–Crippen MR) is 71.9 cm³/mol. The second kappa shape index (κ2) is 4.72. The number of phenols is 1. The molecule has 1 aliphatic heterocycles. The van der Waals surface area contributed by atoms with Crippen LogP contribution < -0.4 is 4.74 Å². The quantitative estimate of drug-likeness (QED) is 0.835. The summed E-state index contributed by atoms with van der Waals surface area (Å²) in [5, 5.41) is 12.3. The third-order valence-corrected chi connectivity index (χ3v) is 3.43. The molecule has 1 N–H and O–H groups in total. The van der Waals surface area contributed by atoms with Gasteiger partial charge in [0.2, 0.25) is 0 Å². The fourth-order valence-electron chi connectivity index (χ4n) is 2.38. The molecular weight excluding hydrogens is 242 g/mol. The normalized spacial score (nSPS) is 17.4. The molecule has 0 radical (unpaired) electrons. The number of nitrogens with zero attached hydrogens (tertiary/aromatic N) is 1. The molecule has 0 saturated carbocycles. The van der Waals surface area contributed by atoms with Gasteiger partial charge in [-0.25, -0.2) is 0 Å². The van der Waals surface area contributed by atoms with Crippen LogP contribution in [0, 0.1) is 4.91 Å². The van der Waals surface area contributed by atoms with Crippen LogP contribution in [0.25, 0.3) is 0 Å². The van der Waals surface area contributed by atoms with E-state index in [0.717, 1.165) is 23.3 Å². The maximum Gasteiger partial charge on any atom is 0.126 e. The minimum Gasteiger partial charge on any atom is -0.508 e. The Labute approximate surface area is 110 Å². The minimum absolute atomic E-state index is 0.221. The van der Waals surface area contributed by atoms with E-state index in [1.54, 1.807) is 24.3 Å². The molecule has 19 heavy (non-hydrogen) atoms. The molecule has 96 valence electrons. The van der Waals surface area contributed by atoms with Crippen molar-refractivity contribution in [1.82, 2.24) is 0 Å². The Morgan fingerprint density at radius 2 is 1.95 bits per heavy atom. The molecule has 1 atom stereocenters. The summed E-state index contributed by atoms with van der Waals surface area (Å²) in [6, 6.07) is 12.5. The van der Waals surface area contributed by atoms with Gasteiger partial charge in [0.25, 0.3) is 0 Å². The fourth-order valence-corrected chi connectivity index (χ4v) is 2.38. The first-order valence-electron chi connectivity index (χ1n) is 6.14. The lowest BCUT2D eigenvalue weighted by atomic mass is 9.90. The highest BCUT2D eigenvalue weighted by molar-refractivity contribution is 5.44. The number of rotatable bonds is 2. The molecule has 1 heterocycles. The summed E-state index contributed by atoms with van der Waals surface area (Å²) in [4.78, 5) is 10.4. The van der Waals surface area contributed by atoms with Gasteiger partial charge in [0.1, 0.15) is 17.2 Å². The van der Waals surface area contributed by atoms with Crippen LogP contribution in [-0.2, 0) is 6.42 Å². The number of fused-ring (bicyclic) bond motifs is 1. The van der Waals surface area contributed by atoms with Gasteiger partial charge in [-0.3, -0.25) is 0 Å². The topological polar surface area (TPSA) is 58.9 Å². The summed E-state index contributed by atoms with van der Waals surface area (Å²) in [5.41, 5.74) is 2.66. The second-order valence-corrected chi connectivity index (χ2v) is 4.69. The molecule has 4 nitrogen and oxygen atoms in total. The van der Waals surface area contributed by atoms with Crippen molar-refractivity contribution in [1.29, 1.82) is 0 Å². The van der Waals surface area contributed by atoms with E-state index in [1.165, 1.54) is 0 Å². The van der Waals surface area contributed by atoms with Crippen molar-refractivity contribution in [2.45, 2.75) is 12.3 Å². The largest absolute Gasteiger partial charge is 0.508 e. The van der Waals surface area contributed by atoms with Crippen LogP contribution in [0.15, 0.2) is 47.6 Å². The average Bonchev–Trinajstić information content (AvgIpc) is 2.47. The monoisotopic (exact) mass is 255 g/mol. The Bertz CT molecular complexity index is 607. The Hall–Kier alpha value is -2.36. The molecule has 0 amide bonds. The predicted octanol–water partition coefficient (Wildman–Crippen LogP) is 3.51. The van der Waals surface area contributed by atoms with Crippen LogP contribution in [0.3, 0.4) is 0 Å². The molecule has 0 bridgehead atoms. The molecule has 0 fully saturated rings. The van der Waals surface area contributed by atoms with E-state index in [2.05, 4.69) is 5.18 Å². The smallest absolute Gasteiger partial charge is 0.126 e. The molecule has 4 heteroatoms. The number of hydrogen-bond acceptors (Lipinski definition) is 4. The highest BCUT2D eigenvalue weighted by Gasteiger charge is 2.21. The van der Waals surface area contributed by atoms with E-state index in [-0.39, 0.29) is 11.7 Å². The molecule has 2 aromatic rings. The van der Waals surface area contributed by atoms with Crippen molar-refractivity contribution < 1.29 is 9.84 Å². The Kier molecular flexibility index (Phi) is 2.91. The van der Waals surface area contributed by atoms with E-state index in [9.17, 15) is 10.0 Å². The zero-order valence-electron chi connectivity index (χ0n) is 10.2. The number of phenolic OH excluding ortho intramolecular Hbond substituents is 1. The average molecular weight is 255 g/mol. The molecule has 0 spiro atoms. The summed E-state index contributed by atoms with van der Waals surface area (Å²) >= 11 is 0. The number of hydrogen-bond donors (Lipinski definition) is 1. The lowest BCUT2D eigenvalue weighted by Gasteiger charge is -2.25. The van der Waals surface area contributed by atoms with Crippen LogP contribution in [0.5, 0.6) is 11.5 Å². The lowest BCUT2D eigenvalue weighted by Crippen LogP contribution is -2.18. The Morgan fingerprint density at radius 3 is 2.68 bits per heavy atom. The molecular formula is C15H13NO3. The lowest BCUT2D eigenvalue weighted by molar-refractivity contribution is 0.261. The zero-order valence-corrected chi connectivity index (χ0v) is 10.2. The number of benzene rings is 2. The standard InChI is InChI=1S/C15H13NO3/c17-14-6-3-11-7-12(9-19-15(11)8-14)10-1-4-13(16-18)5-2-10/h1-6,8,12,17H,7,9H2/t12-/m1/s1. The molecule has 0 unspecified atom stereocenters. The van der Waals surface area contributed by atoms with Gasteiger partial charge in [-0.2, -0.15) is 0 Å². The summed E-state index contributed by atoms with van der Waals surface area (Å²) < 4.78 is 5.68. The minimum atomic E-state index is 0.221. The van der Waals surface area contributed by atoms with Crippen molar-refractivity contribution in [2.75, 3.05) is 6.61 Å². The van der Waals surface area contributed by atoms with Crippen molar-refractivity contribution in [2.24, 2.45) is 5.18 Å². The van der Waals surface area contributed by atoms with E-state index in [0.29, 0.717) is 12.3 Å². The van der Waals surface area contributed by atoms with E-state index in [1.807, 2.05) is 18.2 Å². The van der Waals surface area contributed by atoms with Crippen LogP contribution in [0.4, 0.5) is 5.69 Å². The summed E-state index contributed by atoms with van der Waals surface area (Å²) in [6.07, 6.45) is 0.865. The first kappa shape index (κ1) is 11.7. The zero-order chi connectivity index (χ0) is 13.2. The number of aromatic hydroxyl groups is 1.